The van der Waals surface area contributed by atoms with Crippen LogP contribution in [0.4, 0.5) is 0 Å². The first-order valence-electron chi connectivity index (χ1n) is 8.03. The lowest BCUT2D eigenvalue weighted by Gasteiger charge is -2.13. The van der Waals surface area contributed by atoms with Crippen molar-refractivity contribution < 1.29 is 14.3 Å². The predicted octanol–water partition coefficient (Wildman–Crippen LogP) is 3.07. The fourth-order valence-corrected chi connectivity index (χ4v) is 3.50. The molecule has 1 saturated carbocycles. The minimum Gasteiger partial charge on any atom is -0.490 e. The van der Waals surface area contributed by atoms with Crippen LogP contribution in [-0.2, 0) is 16.6 Å². The molecule has 1 heterocycles. The molecule has 0 bridgehead atoms. The molecular formula is C17H21N3O3S. The predicted molar refractivity (Wildman–Crippen MR) is 92.1 cm³/mol. The number of benzene rings is 1. The first-order chi connectivity index (χ1) is 11.7. The Morgan fingerprint density at radius 2 is 1.96 bits per heavy atom. The minimum absolute atomic E-state index is 0.219. The Morgan fingerprint density at radius 3 is 2.62 bits per heavy atom. The number of rotatable bonds is 6. The van der Waals surface area contributed by atoms with Crippen molar-refractivity contribution in [3.8, 4) is 17.1 Å². The van der Waals surface area contributed by atoms with Gasteiger partial charge in [-0.1, -0.05) is 11.8 Å². The van der Waals surface area contributed by atoms with Crippen LogP contribution >= 0.6 is 11.8 Å². The monoisotopic (exact) mass is 347 g/mol. The Balaban J connectivity index is 1.67. The second kappa shape index (κ2) is 7.70. The van der Waals surface area contributed by atoms with E-state index in [1.54, 1.807) is 0 Å². The summed E-state index contributed by atoms with van der Waals surface area (Å²) in [6, 6.07) is 7.93. The largest absolute Gasteiger partial charge is 0.490 e. The second-order valence-corrected chi connectivity index (χ2v) is 6.72. The van der Waals surface area contributed by atoms with Crippen LogP contribution in [-0.4, -0.2) is 39.7 Å². The van der Waals surface area contributed by atoms with Gasteiger partial charge in [0.05, 0.1) is 19.0 Å². The Bertz CT molecular complexity index is 694. The number of methoxy groups -OCH3 is 1. The average molecular weight is 347 g/mol. The molecule has 1 aromatic heterocycles. The summed E-state index contributed by atoms with van der Waals surface area (Å²) in [5.41, 5.74) is 0.966. The van der Waals surface area contributed by atoms with Gasteiger partial charge in [0, 0.05) is 12.6 Å². The molecule has 0 spiro atoms. The van der Waals surface area contributed by atoms with E-state index in [0.29, 0.717) is 11.3 Å². The van der Waals surface area contributed by atoms with Crippen molar-refractivity contribution in [3.05, 3.63) is 24.3 Å². The zero-order valence-corrected chi connectivity index (χ0v) is 14.7. The maximum Gasteiger partial charge on any atom is 0.316 e. The molecule has 0 radical (unpaired) electrons. The third kappa shape index (κ3) is 3.90. The fraction of sp³-hybridized carbons (Fsp3) is 0.471. The molecule has 1 aromatic carbocycles. The molecule has 7 heteroatoms. The van der Waals surface area contributed by atoms with E-state index in [2.05, 4.69) is 14.9 Å². The van der Waals surface area contributed by atoms with Crippen molar-refractivity contribution in [3.63, 3.8) is 0 Å². The molecule has 1 fully saturated rings. The van der Waals surface area contributed by atoms with E-state index >= 15 is 0 Å². The van der Waals surface area contributed by atoms with Gasteiger partial charge in [-0.2, -0.15) is 0 Å². The molecule has 24 heavy (non-hydrogen) atoms. The third-order valence-corrected chi connectivity index (χ3v) is 5.09. The highest BCUT2D eigenvalue weighted by molar-refractivity contribution is 7.99. The van der Waals surface area contributed by atoms with Crippen LogP contribution in [0.1, 0.15) is 25.7 Å². The Labute approximate surface area is 145 Å². The van der Waals surface area contributed by atoms with Gasteiger partial charge in [-0.3, -0.25) is 4.79 Å². The number of hydrogen-bond acceptors (Lipinski definition) is 6. The molecule has 0 unspecified atom stereocenters. The molecular weight excluding hydrogens is 326 g/mol. The maximum absolute atomic E-state index is 11.2. The number of thioether (sulfide) groups is 1. The van der Waals surface area contributed by atoms with E-state index in [1.165, 1.54) is 31.7 Å². The van der Waals surface area contributed by atoms with Gasteiger partial charge >= 0.3 is 5.97 Å². The van der Waals surface area contributed by atoms with Crippen molar-refractivity contribution in [1.82, 2.24) is 14.8 Å². The molecule has 1 aliphatic carbocycles. The topological polar surface area (TPSA) is 66.2 Å². The van der Waals surface area contributed by atoms with Gasteiger partial charge in [0.25, 0.3) is 0 Å². The number of ether oxygens (including phenoxy) is 2. The zero-order chi connectivity index (χ0) is 16.9. The number of nitrogens with zero attached hydrogens (tertiary/aromatic N) is 3. The first-order valence-corrected chi connectivity index (χ1v) is 9.02. The number of aromatic nitrogens is 3. The van der Waals surface area contributed by atoms with Crippen molar-refractivity contribution in [2.24, 2.45) is 7.05 Å². The highest BCUT2D eigenvalue weighted by Gasteiger charge is 2.17. The van der Waals surface area contributed by atoms with Crippen LogP contribution in [0.5, 0.6) is 5.75 Å². The quantitative estimate of drug-likeness (QED) is 0.591. The average Bonchev–Trinajstić information content (AvgIpc) is 3.23. The van der Waals surface area contributed by atoms with Gasteiger partial charge in [-0.25, -0.2) is 0 Å². The van der Waals surface area contributed by atoms with E-state index in [9.17, 15) is 4.79 Å². The van der Waals surface area contributed by atoms with Gasteiger partial charge in [0.1, 0.15) is 5.75 Å². The van der Waals surface area contributed by atoms with Crippen molar-refractivity contribution in [1.29, 1.82) is 0 Å². The summed E-state index contributed by atoms with van der Waals surface area (Å²) >= 11 is 1.31. The standard InChI is InChI=1S/C17H21N3O3S/c1-20-16(18-19-17(20)24-11-15(21)22-2)12-7-9-14(10-8-12)23-13-5-3-4-6-13/h7-10,13H,3-6,11H2,1-2H3. The van der Waals surface area contributed by atoms with E-state index in [-0.39, 0.29) is 11.7 Å². The summed E-state index contributed by atoms with van der Waals surface area (Å²) in [7, 11) is 3.26. The van der Waals surface area contributed by atoms with Gasteiger partial charge in [-0.05, 0) is 49.9 Å². The first kappa shape index (κ1) is 16.8. The van der Waals surface area contributed by atoms with Gasteiger partial charge < -0.3 is 14.0 Å². The Hall–Kier alpha value is -2.02. The summed E-state index contributed by atoms with van der Waals surface area (Å²) in [5, 5.41) is 9.04. The lowest BCUT2D eigenvalue weighted by molar-refractivity contribution is -0.137. The number of carbonyl (C=O) groups excluding carboxylic acids is 1. The van der Waals surface area contributed by atoms with Crippen molar-refractivity contribution in [2.75, 3.05) is 12.9 Å². The lowest BCUT2D eigenvalue weighted by Crippen LogP contribution is -2.10. The van der Waals surface area contributed by atoms with Crippen LogP contribution < -0.4 is 4.74 Å². The Kier molecular flexibility index (Phi) is 5.40. The molecule has 0 amide bonds. The van der Waals surface area contributed by atoms with Crippen LogP contribution in [0.2, 0.25) is 0 Å². The summed E-state index contributed by atoms with van der Waals surface area (Å²) < 4.78 is 12.5. The fourth-order valence-electron chi connectivity index (χ4n) is 2.76. The van der Waals surface area contributed by atoms with Crippen molar-refractivity contribution in [2.45, 2.75) is 36.9 Å². The number of hydrogen-bond donors (Lipinski definition) is 0. The van der Waals surface area contributed by atoms with Crippen LogP contribution in [0, 0.1) is 0 Å². The van der Waals surface area contributed by atoms with Crippen LogP contribution in [0.3, 0.4) is 0 Å². The molecule has 6 nitrogen and oxygen atoms in total. The highest BCUT2D eigenvalue weighted by Crippen LogP contribution is 2.27. The van der Waals surface area contributed by atoms with Crippen molar-refractivity contribution >= 4 is 17.7 Å². The van der Waals surface area contributed by atoms with Gasteiger partial charge in [0.2, 0.25) is 0 Å². The second-order valence-electron chi connectivity index (χ2n) is 5.78. The van der Waals surface area contributed by atoms with Crippen LogP contribution in [0.15, 0.2) is 29.4 Å². The normalized spacial score (nSPS) is 14.8. The highest BCUT2D eigenvalue weighted by atomic mass is 32.2. The summed E-state index contributed by atoms with van der Waals surface area (Å²) in [5.74, 6) is 1.59. The molecule has 0 atom stereocenters. The molecule has 1 aliphatic rings. The molecule has 0 aliphatic heterocycles. The van der Waals surface area contributed by atoms with E-state index in [4.69, 9.17) is 4.74 Å². The summed E-state index contributed by atoms with van der Waals surface area (Å²) in [4.78, 5) is 11.2. The number of carbonyl (C=O) groups is 1. The van der Waals surface area contributed by atoms with E-state index < -0.39 is 0 Å². The van der Waals surface area contributed by atoms with Crippen LogP contribution in [0.25, 0.3) is 11.4 Å². The SMILES string of the molecule is COC(=O)CSc1nnc(-c2ccc(OC3CCCC3)cc2)n1C. The van der Waals surface area contributed by atoms with Gasteiger partial charge in [-0.15, -0.1) is 10.2 Å². The maximum atomic E-state index is 11.2. The molecule has 0 N–H and O–H groups in total. The zero-order valence-electron chi connectivity index (χ0n) is 13.9. The molecule has 0 saturated heterocycles. The lowest BCUT2D eigenvalue weighted by atomic mass is 10.2. The molecule has 2 aromatic rings. The van der Waals surface area contributed by atoms with E-state index in [1.807, 2.05) is 35.9 Å². The number of esters is 1. The molecule has 3 rings (SSSR count). The van der Waals surface area contributed by atoms with E-state index in [0.717, 1.165) is 30.0 Å². The smallest absolute Gasteiger partial charge is 0.316 e. The van der Waals surface area contributed by atoms with Gasteiger partial charge in [0.15, 0.2) is 11.0 Å². The summed E-state index contributed by atoms with van der Waals surface area (Å²) in [6.07, 6.45) is 5.16. The third-order valence-electron chi connectivity index (χ3n) is 4.10. The molecule has 128 valence electrons. The minimum atomic E-state index is -0.280. The Morgan fingerprint density at radius 1 is 1.25 bits per heavy atom. The summed E-state index contributed by atoms with van der Waals surface area (Å²) in [6.45, 7) is 0.